The summed E-state index contributed by atoms with van der Waals surface area (Å²) in [5.41, 5.74) is 1.74. The monoisotopic (exact) mass is 433 g/mol. The van der Waals surface area contributed by atoms with Crippen molar-refractivity contribution in [2.75, 3.05) is 32.8 Å². The second kappa shape index (κ2) is 8.92. The molecule has 1 fully saturated rings. The highest BCUT2D eigenvalue weighted by molar-refractivity contribution is 8.00. The SMILES string of the molecule is Cn1cc(C(=O)NCc2ccc(Cl)cc2)c(=O)c2c1SC(CN1CCOCC1)C2. The van der Waals surface area contributed by atoms with Crippen LogP contribution in [-0.2, 0) is 24.8 Å². The molecule has 3 heterocycles. The molecule has 0 bridgehead atoms. The lowest BCUT2D eigenvalue weighted by Crippen LogP contribution is -2.40. The van der Waals surface area contributed by atoms with Gasteiger partial charge in [0.25, 0.3) is 5.91 Å². The minimum atomic E-state index is -0.343. The molecule has 4 rings (SSSR count). The first-order valence-electron chi connectivity index (χ1n) is 9.73. The molecular weight excluding hydrogens is 410 g/mol. The number of aromatic nitrogens is 1. The zero-order valence-electron chi connectivity index (χ0n) is 16.3. The normalized spacial score (nSPS) is 19.2. The molecule has 0 aliphatic carbocycles. The second-order valence-electron chi connectivity index (χ2n) is 7.43. The van der Waals surface area contributed by atoms with E-state index in [0.29, 0.717) is 23.2 Å². The number of aryl methyl sites for hydroxylation is 1. The van der Waals surface area contributed by atoms with E-state index >= 15 is 0 Å². The summed E-state index contributed by atoms with van der Waals surface area (Å²) < 4.78 is 7.33. The molecule has 8 heteroatoms. The summed E-state index contributed by atoms with van der Waals surface area (Å²) in [5, 5.41) is 4.80. The fraction of sp³-hybridized carbons (Fsp3) is 0.429. The number of thioether (sulfide) groups is 1. The van der Waals surface area contributed by atoms with Gasteiger partial charge in [0.1, 0.15) is 5.56 Å². The molecule has 0 radical (unpaired) electrons. The first kappa shape index (κ1) is 20.5. The maximum Gasteiger partial charge on any atom is 0.257 e. The minimum Gasteiger partial charge on any atom is -0.379 e. The number of nitrogens with zero attached hydrogens (tertiary/aromatic N) is 2. The lowest BCUT2D eigenvalue weighted by atomic mass is 10.1. The Balaban J connectivity index is 1.45. The number of halogens is 1. The number of morpholine rings is 1. The Kier molecular flexibility index (Phi) is 6.29. The first-order valence-corrected chi connectivity index (χ1v) is 11.0. The van der Waals surface area contributed by atoms with Gasteiger partial charge >= 0.3 is 0 Å². The predicted molar refractivity (Wildman–Crippen MR) is 115 cm³/mol. The number of ether oxygens (including phenoxy) is 1. The maximum atomic E-state index is 13.0. The Morgan fingerprint density at radius 2 is 2.00 bits per heavy atom. The van der Waals surface area contributed by atoms with Gasteiger partial charge in [-0.05, 0) is 24.1 Å². The van der Waals surface area contributed by atoms with Crippen LogP contribution in [-0.4, -0.2) is 53.5 Å². The van der Waals surface area contributed by atoms with Gasteiger partial charge in [-0.25, -0.2) is 0 Å². The van der Waals surface area contributed by atoms with Crippen LogP contribution in [0.1, 0.15) is 21.5 Å². The highest BCUT2D eigenvalue weighted by Crippen LogP contribution is 2.35. The van der Waals surface area contributed by atoms with E-state index in [0.717, 1.165) is 49.0 Å². The van der Waals surface area contributed by atoms with Crippen molar-refractivity contribution in [3.63, 3.8) is 0 Å². The van der Waals surface area contributed by atoms with Gasteiger partial charge in [-0.15, -0.1) is 11.8 Å². The molecule has 1 aromatic heterocycles. The maximum absolute atomic E-state index is 13.0. The number of amides is 1. The molecule has 1 N–H and O–H groups in total. The van der Waals surface area contributed by atoms with Crippen LogP contribution in [0.3, 0.4) is 0 Å². The number of carbonyl (C=O) groups is 1. The molecular formula is C21H24ClN3O3S. The summed E-state index contributed by atoms with van der Waals surface area (Å²) in [4.78, 5) is 28.1. The van der Waals surface area contributed by atoms with Crippen molar-refractivity contribution in [2.24, 2.45) is 7.05 Å². The molecule has 2 aromatic rings. The van der Waals surface area contributed by atoms with E-state index in [1.54, 1.807) is 30.1 Å². The van der Waals surface area contributed by atoms with E-state index in [1.165, 1.54) is 0 Å². The number of fused-ring (bicyclic) bond motifs is 1. The number of rotatable bonds is 5. The average molecular weight is 434 g/mol. The summed E-state index contributed by atoms with van der Waals surface area (Å²) in [7, 11) is 1.90. The molecule has 1 atom stereocenters. The van der Waals surface area contributed by atoms with E-state index in [-0.39, 0.29) is 16.9 Å². The van der Waals surface area contributed by atoms with E-state index in [9.17, 15) is 9.59 Å². The van der Waals surface area contributed by atoms with Gasteiger partial charge in [0.05, 0.1) is 18.2 Å². The van der Waals surface area contributed by atoms with Crippen LogP contribution in [0.15, 0.2) is 40.3 Å². The van der Waals surface area contributed by atoms with Crippen molar-refractivity contribution in [1.29, 1.82) is 0 Å². The van der Waals surface area contributed by atoms with Crippen LogP contribution >= 0.6 is 23.4 Å². The summed E-state index contributed by atoms with van der Waals surface area (Å²) in [6, 6.07) is 7.28. The van der Waals surface area contributed by atoms with Crippen LogP contribution in [0.4, 0.5) is 0 Å². The molecule has 1 unspecified atom stereocenters. The predicted octanol–water partition coefficient (Wildman–Crippen LogP) is 2.32. The standard InChI is InChI=1S/C21H24ClN3O3S/c1-24-13-18(20(27)23-11-14-2-4-15(22)5-3-14)19(26)17-10-16(29-21(17)24)12-25-6-8-28-9-7-25/h2-5,13,16H,6-12H2,1H3,(H,23,27). The largest absolute Gasteiger partial charge is 0.379 e. The van der Waals surface area contributed by atoms with Gasteiger partial charge in [-0.1, -0.05) is 23.7 Å². The Hall–Kier alpha value is -1.80. The van der Waals surface area contributed by atoms with Crippen LogP contribution in [0.25, 0.3) is 0 Å². The van der Waals surface area contributed by atoms with E-state index in [1.807, 2.05) is 23.7 Å². The lowest BCUT2D eigenvalue weighted by Gasteiger charge is -2.28. The third kappa shape index (κ3) is 4.69. The highest BCUT2D eigenvalue weighted by atomic mass is 35.5. The highest BCUT2D eigenvalue weighted by Gasteiger charge is 2.30. The molecule has 2 aliphatic rings. The molecule has 0 saturated carbocycles. The van der Waals surface area contributed by atoms with E-state index < -0.39 is 0 Å². The number of pyridine rings is 1. The zero-order valence-corrected chi connectivity index (χ0v) is 17.9. The smallest absolute Gasteiger partial charge is 0.257 e. The van der Waals surface area contributed by atoms with Crippen LogP contribution in [0.2, 0.25) is 5.02 Å². The Morgan fingerprint density at radius 3 is 2.72 bits per heavy atom. The third-order valence-corrected chi connectivity index (χ3v) is 6.97. The van der Waals surface area contributed by atoms with Crippen LogP contribution in [0, 0.1) is 0 Å². The quantitative estimate of drug-likeness (QED) is 0.784. The zero-order chi connectivity index (χ0) is 20.4. The summed E-state index contributed by atoms with van der Waals surface area (Å²) in [5.74, 6) is -0.343. The van der Waals surface area contributed by atoms with Crippen molar-refractivity contribution in [2.45, 2.75) is 23.2 Å². The summed E-state index contributed by atoms with van der Waals surface area (Å²) >= 11 is 7.63. The van der Waals surface area contributed by atoms with Crippen LogP contribution in [0.5, 0.6) is 0 Å². The fourth-order valence-electron chi connectivity index (χ4n) is 3.76. The molecule has 29 heavy (non-hydrogen) atoms. The van der Waals surface area contributed by atoms with E-state index in [2.05, 4.69) is 10.2 Å². The first-order chi connectivity index (χ1) is 14.0. The Bertz CT molecular complexity index is 955. The number of hydrogen-bond donors (Lipinski definition) is 1. The minimum absolute atomic E-state index is 0.149. The van der Waals surface area contributed by atoms with Gasteiger partial charge in [0.15, 0.2) is 5.43 Å². The van der Waals surface area contributed by atoms with Crippen molar-refractivity contribution >= 4 is 29.3 Å². The van der Waals surface area contributed by atoms with Gasteiger partial charge in [-0.3, -0.25) is 14.5 Å². The number of benzene rings is 1. The van der Waals surface area contributed by atoms with Gasteiger partial charge in [0, 0.05) is 55.3 Å². The molecule has 1 amide bonds. The summed E-state index contributed by atoms with van der Waals surface area (Å²) in [6.07, 6.45) is 2.35. The van der Waals surface area contributed by atoms with Gasteiger partial charge < -0.3 is 14.6 Å². The molecule has 6 nitrogen and oxygen atoms in total. The number of carbonyl (C=O) groups excluding carboxylic acids is 1. The van der Waals surface area contributed by atoms with Gasteiger partial charge in [-0.2, -0.15) is 0 Å². The lowest BCUT2D eigenvalue weighted by molar-refractivity contribution is 0.0382. The number of hydrogen-bond acceptors (Lipinski definition) is 5. The Labute approximate surface area is 179 Å². The third-order valence-electron chi connectivity index (χ3n) is 5.31. The topological polar surface area (TPSA) is 63.6 Å². The fourth-order valence-corrected chi connectivity index (χ4v) is 5.27. The van der Waals surface area contributed by atoms with E-state index in [4.69, 9.17) is 16.3 Å². The van der Waals surface area contributed by atoms with Crippen molar-refractivity contribution in [3.05, 3.63) is 62.4 Å². The Morgan fingerprint density at radius 1 is 1.28 bits per heavy atom. The average Bonchev–Trinajstić information content (AvgIpc) is 3.15. The number of nitrogens with one attached hydrogen (secondary N) is 1. The molecule has 1 saturated heterocycles. The molecule has 1 aromatic carbocycles. The van der Waals surface area contributed by atoms with Gasteiger partial charge in [0.2, 0.25) is 0 Å². The van der Waals surface area contributed by atoms with Crippen molar-refractivity contribution in [1.82, 2.24) is 14.8 Å². The molecule has 0 spiro atoms. The molecule has 154 valence electrons. The van der Waals surface area contributed by atoms with Crippen LogP contribution < -0.4 is 10.7 Å². The molecule has 2 aliphatic heterocycles. The van der Waals surface area contributed by atoms with Crippen molar-refractivity contribution < 1.29 is 9.53 Å². The van der Waals surface area contributed by atoms with Crippen molar-refractivity contribution in [3.8, 4) is 0 Å². The second-order valence-corrected chi connectivity index (χ2v) is 9.16. The summed E-state index contributed by atoms with van der Waals surface area (Å²) in [6.45, 7) is 4.68.